The number of nitrogens with two attached hydrogens (primary N) is 5. The summed E-state index contributed by atoms with van der Waals surface area (Å²) in [6.45, 7) is 19.5. The van der Waals surface area contributed by atoms with Gasteiger partial charge >= 0.3 is 5.97 Å². The van der Waals surface area contributed by atoms with E-state index in [-0.39, 0.29) is 56.5 Å². The molecule has 0 aliphatic carbocycles. The lowest BCUT2D eigenvalue weighted by molar-refractivity contribution is -0.144. The maximum absolute atomic E-state index is 12.2. The first-order valence-electron chi connectivity index (χ1n) is 25.0. The minimum Gasteiger partial charge on any atom is -0.465 e. The van der Waals surface area contributed by atoms with Crippen molar-refractivity contribution in [2.45, 2.75) is 39.5 Å². The Morgan fingerprint density at radius 2 is 0.736 bits per heavy atom. The van der Waals surface area contributed by atoms with Crippen molar-refractivity contribution in [2.24, 2.45) is 28.7 Å². The average molecular weight is 1040 g/mol. The van der Waals surface area contributed by atoms with Crippen LogP contribution >= 0.6 is 0 Å². The molecular weight excluding hydrogens is 941 g/mol. The minimum absolute atomic E-state index is 0.0826. The van der Waals surface area contributed by atoms with Crippen molar-refractivity contribution in [1.82, 2.24) is 65.8 Å². The predicted octanol–water partition coefficient (Wildman–Crippen LogP) is -7.70. The lowest BCUT2D eigenvalue weighted by atomic mass is 10.2. The smallest absolute Gasteiger partial charge is 0.320 e. The van der Waals surface area contributed by atoms with E-state index in [1.807, 2.05) is 14.7 Å². The van der Waals surface area contributed by atoms with Crippen molar-refractivity contribution < 1.29 is 48.2 Å². The zero-order valence-corrected chi connectivity index (χ0v) is 43.4. The highest BCUT2D eigenvalue weighted by molar-refractivity contribution is 5.78. The van der Waals surface area contributed by atoms with Crippen LogP contribution in [-0.4, -0.2) is 291 Å². The molecule has 16 N–H and O–H groups in total. The molecular formula is C44H94N18O10. The van der Waals surface area contributed by atoms with Gasteiger partial charge in [0.1, 0.15) is 0 Å². The van der Waals surface area contributed by atoms with Crippen molar-refractivity contribution in [3.63, 3.8) is 0 Å². The standard InChI is InChI=1S/C20H41N9O4.C20H39N7O5.C2H8N2.C2H6O/c21-3-4-25-20(33)14-27-6-2-8-29(16-24-18-31)12-11-28(15-23-17-30)7-1-5-26(9-10-27)13-19(22)32;1-2-32-20(31)14-25-6-4-8-27(16-23-18-29)12-11-26(15-22-17-28)7-3-5-24(9-10-25)13-19(21)30;3-1-2-4;1-2-3/h17-18H,1-16,21H2,(H2,22,32)(H,23,30)(H,24,31)(H,25,33);17-18H,2-16H2,1H3,(H2,21,30)(H,22,28)(H,23,29);1-4H2;3H,2H2,1H3. The fourth-order valence-electron chi connectivity index (χ4n) is 7.33. The summed E-state index contributed by atoms with van der Waals surface area (Å²) < 4.78 is 5.10. The third-order valence-electron chi connectivity index (χ3n) is 10.7. The molecule has 0 unspecified atom stereocenters. The fraction of sp³-hybridized carbons (Fsp3) is 0.818. The molecule has 0 spiro atoms. The van der Waals surface area contributed by atoms with Gasteiger partial charge in [-0.1, -0.05) is 0 Å². The number of carbonyl (C=O) groups excluding carboxylic acids is 8. The monoisotopic (exact) mass is 1030 g/mol. The quantitative estimate of drug-likeness (QED) is 0.0316. The minimum atomic E-state index is -0.388. The van der Waals surface area contributed by atoms with Crippen LogP contribution in [-0.2, 0) is 43.1 Å². The van der Waals surface area contributed by atoms with Gasteiger partial charge < -0.3 is 65.1 Å². The first-order valence-corrected chi connectivity index (χ1v) is 25.0. The molecule has 2 fully saturated rings. The molecule has 0 aromatic rings. The van der Waals surface area contributed by atoms with E-state index in [2.05, 4.69) is 51.1 Å². The molecule has 7 amide bonds. The largest absolute Gasteiger partial charge is 0.465 e. The molecule has 2 aliphatic rings. The van der Waals surface area contributed by atoms with E-state index in [1.54, 1.807) is 13.8 Å². The van der Waals surface area contributed by atoms with E-state index in [0.717, 1.165) is 51.9 Å². The molecule has 2 rings (SSSR count). The SMILES string of the molecule is CCO.CCOC(=O)CN1CCCN(CNC=O)CCN(CNC=O)CCCN(CC(N)=O)CC1.NCCN.NCCNC(=O)CN1CCCN(CNC=O)CCN(CNC=O)CCCN(CC(N)=O)CC1. The highest BCUT2D eigenvalue weighted by Crippen LogP contribution is 2.05. The lowest BCUT2D eigenvalue weighted by Gasteiger charge is -2.31. The van der Waals surface area contributed by atoms with Crippen LogP contribution in [0.15, 0.2) is 0 Å². The molecule has 2 saturated heterocycles. The number of esters is 1. The van der Waals surface area contributed by atoms with Crippen LogP contribution in [0.2, 0.25) is 0 Å². The van der Waals surface area contributed by atoms with E-state index in [1.165, 1.54) is 0 Å². The summed E-state index contributed by atoms with van der Waals surface area (Å²) in [6.07, 6.45) is 5.88. The van der Waals surface area contributed by atoms with E-state index in [0.29, 0.717) is 164 Å². The molecule has 420 valence electrons. The highest BCUT2D eigenvalue weighted by Gasteiger charge is 2.19. The lowest BCUT2D eigenvalue weighted by Crippen LogP contribution is -2.47. The van der Waals surface area contributed by atoms with Gasteiger partial charge in [0.05, 0.1) is 59.5 Å². The van der Waals surface area contributed by atoms with E-state index in [4.69, 9.17) is 38.5 Å². The van der Waals surface area contributed by atoms with Crippen molar-refractivity contribution in [3.8, 4) is 0 Å². The van der Waals surface area contributed by atoms with Crippen LogP contribution in [0.1, 0.15) is 39.5 Å². The van der Waals surface area contributed by atoms with Crippen molar-refractivity contribution >= 4 is 49.3 Å². The number of amides is 7. The summed E-state index contributed by atoms with van der Waals surface area (Å²) >= 11 is 0. The molecule has 0 aromatic heterocycles. The van der Waals surface area contributed by atoms with Crippen LogP contribution in [0.5, 0.6) is 0 Å². The molecule has 2 heterocycles. The van der Waals surface area contributed by atoms with Crippen molar-refractivity contribution in [1.29, 1.82) is 0 Å². The summed E-state index contributed by atoms with van der Waals surface area (Å²) in [5.74, 6) is -1.13. The normalized spacial score (nSPS) is 17.6. The number of carbonyl (C=O) groups is 8. The fourth-order valence-corrected chi connectivity index (χ4v) is 7.33. The van der Waals surface area contributed by atoms with Crippen LogP contribution in [0.25, 0.3) is 0 Å². The maximum Gasteiger partial charge on any atom is 0.320 e. The van der Waals surface area contributed by atoms with Crippen LogP contribution < -0.4 is 55.3 Å². The summed E-state index contributed by atoms with van der Waals surface area (Å²) in [5.41, 5.74) is 26.1. The van der Waals surface area contributed by atoms with E-state index < -0.39 is 0 Å². The van der Waals surface area contributed by atoms with Gasteiger partial charge in [-0.05, 0) is 59.2 Å². The average Bonchev–Trinajstić information content (AvgIpc) is 3.35. The molecule has 28 nitrogen and oxygen atoms in total. The van der Waals surface area contributed by atoms with Gasteiger partial charge in [0.15, 0.2) is 0 Å². The van der Waals surface area contributed by atoms with Gasteiger partial charge in [0.25, 0.3) is 0 Å². The molecule has 0 radical (unpaired) electrons. The second-order valence-electron chi connectivity index (χ2n) is 16.7. The zero-order chi connectivity index (χ0) is 54.0. The number of hydrogen-bond acceptors (Lipinski definition) is 21. The van der Waals surface area contributed by atoms with Crippen LogP contribution in [0.3, 0.4) is 0 Å². The number of hydrogen-bond donors (Lipinski definition) is 11. The first kappa shape index (κ1) is 69.4. The van der Waals surface area contributed by atoms with Gasteiger partial charge in [-0.3, -0.25) is 77.6 Å². The Balaban J connectivity index is 0. The highest BCUT2D eigenvalue weighted by atomic mass is 16.5. The first-order chi connectivity index (χ1) is 34.8. The van der Waals surface area contributed by atoms with E-state index >= 15 is 0 Å². The van der Waals surface area contributed by atoms with Crippen LogP contribution in [0.4, 0.5) is 0 Å². The summed E-state index contributed by atoms with van der Waals surface area (Å²) in [6, 6.07) is 0. The molecule has 0 saturated carbocycles. The summed E-state index contributed by atoms with van der Waals surface area (Å²) in [7, 11) is 0. The maximum atomic E-state index is 12.2. The van der Waals surface area contributed by atoms with Crippen molar-refractivity contribution in [2.75, 3.05) is 197 Å². The number of ether oxygens (including phenoxy) is 1. The topological polar surface area (TPSA) is 382 Å². The third kappa shape index (κ3) is 42.9. The Bertz CT molecular complexity index is 1400. The number of nitrogens with one attached hydrogen (secondary N) is 5. The number of rotatable bonds is 24. The van der Waals surface area contributed by atoms with Gasteiger partial charge in [0, 0.05) is 118 Å². The van der Waals surface area contributed by atoms with Crippen molar-refractivity contribution in [3.05, 3.63) is 0 Å². The Morgan fingerprint density at radius 1 is 0.458 bits per heavy atom. The van der Waals surface area contributed by atoms with E-state index in [9.17, 15) is 38.4 Å². The number of aliphatic hydroxyl groups is 1. The number of primary amides is 2. The van der Waals surface area contributed by atoms with Gasteiger partial charge in [-0.15, -0.1) is 0 Å². The van der Waals surface area contributed by atoms with Gasteiger partial charge in [0.2, 0.25) is 43.4 Å². The zero-order valence-electron chi connectivity index (χ0n) is 43.4. The molecule has 2 aliphatic heterocycles. The molecule has 72 heavy (non-hydrogen) atoms. The van der Waals surface area contributed by atoms with Gasteiger partial charge in [-0.25, -0.2) is 0 Å². The number of nitrogens with zero attached hydrogens (tertiary/aromatic N) is 8. The Morgan fingerprint density at radius 3 is 1.00 bits per heavy atom. The molecule has 0 atom stereocenters. The Labute approximate surface area is 427 Å². The second kappa shape index (κ2) is 49.8. The Hall–Kier alpha value is -4.72. The second-order valence-corrected chi connectivity index (χ2v) is 16.7. The molecule has 0 aromatic carbocycles. The summed E-state index contributed by atoms with van der Waals surface area (Å²) in [5, 5.41) is 21.2. The predicted molar refractivity (Wildman–Crippen MR) is 275 cm³/mol. The Kier molecular flexibility index (Phi) is 48.0. The van der Waals surface area contributed by atoms with Gasteiger partial charge in [-0.2, -0.15) is 0 Å². The molecule has 28 heteroatoms. The molecule has 0 bridgehead atoms. The summed E-state index contributed by atoms with van der Waals surface area (Å²) in [4.78, 5) is 107. The number of aliphatic hydroxyl groups excluding tert-OH is 1. The third-order valence-corrected chi connectivity index (χ3v) is 10.7. The van der Waals surface area contributed by atoms with Crippen LogP contribution in [0, 0.1) is 0 Å².